The van der Waals surface area contributed by atoms with Gasteiger partial charge >= 0.3 is 0 Å². The van der Waals surface area contributed by atoms with Gasteiger partial charge in [-0.15, -0.1) is 11.8 Å². The molecule has 0 radical (unpaired) electrons. The van der Waals surface area contributed by atoms with Crippen LogP contribution in [-0.2, 0) is 5.41 Å². The van der Waals surface area contributed by atoms with Crippen molar-refractivity contribution in [3.8, 4) is 11.8 Å². The fourth-order valence-electron chi connectivity index (χ4n) is 3.16. The Bertz CT molecular complexity index is 406. The molecule has 1 aromatic rings. The summed E-state index contributed by atoms with van der Waals surface area (Å²) in [6.07, 6.45) is 4.38. The first-order valence-electron chi connectivity index (χ1n) is 7.37. The quantitative estimate of drug-likeness (QED) is 0.724. The van der Waals surface area contributed by atoms with Crippen LogP contribution in [0, 0.1) is 11.8 Å². The van der Waals surface area contributed by atoms with E-state index >= 15 is 0 Å². The number of hydrogen-bond acceptors (Lipinski definition) is 1. The van der Waals surface area contributed by atoms with Crippen LogP contribution in [0.4, 0.5) is 0 Å². The van der Waals surface area contributed by atoms with Crippen molar-refractivity contribution in [2.75, 3.05) is 7.05 Å². The van der Waals surface area contributed by atoms with Crippen LogP contribution in [-0.4, -0.2) is 13.1 Å². The second-order valence-corrected chi connectivity index (χ2v) is 5.04. The zero-order chi connectivity index (χ0) is 14.1. The molecule has 0 saturated carbocycles. The summed E-state index contributed by atoms with van der Waals surface area (Å²) in [5.74, 6) is 6.19. The van der Waals surface area contributed by atoms with Crippen LogP contribution in [0.1, 0.15) is 52.0 Å². The smallest absolute Gasteiger partial charge is 0.0170 e. The Kier molecular flexibility index (Phi) is 6.67. The van der Waals surface area contributed by atoms with Gasteiger partial charge in [0.05, 0.1) is 0 Å². The molecule has 1 unspecified atom stereocenters. The van der Waals surface area contributed by atoms with Crippen molar-refractivity contribution in [2.24, 2.45) is 0 Å². The van der Waals surface area contributed by atoms with Gasteiger partial charge in [0.25, 0.3) is 0 Å². The van der Waals surface area contributed by atoms with E-state index in [2.05, 4.69) is 68.4 Å². The third-order valence-electron chi connectivity index (χ3n) is 4.36. The van der Waals surface area contributed by atoms with Gasteiger partial charge in [-0.1, -0.05) is 44.2 Å². The minimum absolute atomic E-state index is 0.214. The van der Waals surface area contributed by atoms with E-state index < -0.39 is 0 Å². The molecule has 1 nitrogen and oxygen atoms in total. The van der Waals surface area contributed by atoms with Crippen molar-refractivity contribution in [3.05, 3.63) is 35.9 Å². The van der Waals surface area contributed by atoms with E-state index in [9.17, 15) is 0 Å². The highest BCUT2D eigenvalue weighted by Crippen LogP contribution is 2.36. The van der Waals surface area contributed by atoms with Crippen molar-refractivity contribution >= 4 is 0 Å². The molecule has 0 aliphatic rings. The van der Waals surface area contributed by atoms with E-state index in [1.54, 1.807) is 0 Å². The zero-order valence-corrected chi connectivity index (χ0v) is 12.8. The van der Waals surface area contributed by atoms with E-state index in [1.807, 2.05) is 6.92 Å². The second kappa shape index (κ2) is 8.02. The first-order chi connectivity index (χ1) is 9.25. The Morgan fingerprint density at radius 2 is 1.79 bits per heavy atom. The minimum atomic E-state index is 0.214. The van der Waals surface area contributed by atoms with E-state index in [4.69, 9.17) is 0 Å². The highest BCUT2D eigenvalue weighted by molar-refractivity contribution is 5.28. The molecule has 1 atom stereocenters. The van der Waals surface area contributed by atoms with Gasteiger partial charge in [-0.05, 0) is 38.8 Å². The molecule has 0 saturated heterocycles. The predicted molar refractivity (Wildman–Crippen MR) is 84.2 cm³/mol. The largest absolute Gasteiger partial charge is 0.316 e. The lowest BCUT2D eigenvalue weighted by Gasteiger charge is -2.40. The molecule has 1 aromatic carbocycles. The predicted octanol–water partition coefficient (Wildman–Crippen LogP) is 4.14. The van der Waals surface area contributed by atoms with Crippen molar-refractivity contribution in [2.45, 2.75) is 57.9 Å². The fraction of sp³-hybridized carbons (Fsp3) is 0.556. The molecule has 0 aliphatic carbocycles. The van der Waals surface area contributed by atoms with E-state index in [0.717, 1.165) is 25.7 Å². The maximum atomic E-state index is 3.53. The number of likely N-dealkylation sites (N-methyl/N-ethyl adjacent to an activating group) is 1. The molecule has 0 bridgehead atoms. The fourth-order valence-corrected chi connectivity index (χ4v) is 3.16. The number of benzene rings is 1. The van der Waals surface area contributed by atoms with Gasteiger partial charge in [0.1, 0.15) is 0 Å². The van der Waals surface area contributed by atoms with Gasteiger partial charge < -0.3 is 5.32 Å². The average Bonchev–Trinajstić information content (AvgIpc) is 2.48. The number of rotatable bonds is 7. The highest BCUT2D eigenvalue weighted by Gasteiger charge is 2.35. The molecule has 1 N–H and O–H groups in total. The van der Waals surface area contributed by atoms with Crippen LogP contribution in [0.15, 0.2) is 30.3 Å². The molecule has 0 spiro atoms. The highest BCUT2D eigenvalue weighted by atomic mass is 14.9. The summed E-state index contributed by atoms with van der Waals surface area (Å²) in [5, 5.41) is 3.53. The van der Waals surface area contributed by atoms with Gasteiger partial charge in [-0.3, -0.25) is 0 Å². The van der Waals surface area contributed by atoms with Crippen LogP contribution < -0.4 is 5.32 Å². The zero-order valence-electron chi connectivity index (χ0n) is 12.8. The van der Waals surface area contributed by atoms with E-state index in [-0.39, 0.29) is 5.41 Å². The third kappa shape index (κ3) is 3.61. The van der Waals surface area contributed by atoms with Crippen molar-refractivity contribution in [1.82, 2.24) is 5.32 Å². The summed E-state index contributed by atoms with van der Waals surface area (Å²) in [4.78, 5) is 0. The molecule has 0 heterocycles. The summed E-state index contributed by atoms with van der Waals surface area (Å²) >= 11 is 0. The summed E-state index contributed by atoms with van der Waals surface area (Å²) in [7, 11) is 2.08. The molecule has 19 heavy (non-hydrogen) atoms. The maximum Gasteiger partial charge on any atom is 0.0170 e. The first kappa shape index (κ1) is 15.8. The molecule has 0 aliphatic heterocycles. The minimum Gasteiger partial charge on any atom is -0.316 e. The lowest BCUT2D eigenvalue weighted by Crippen LogP contribution is -2.46. The Morgan fingerprint density at radius 3 is 2.26 bits per heavy atom. The molecular weight excluding hydrogens is 230 g/mol. The molecular formula is C18H27N. The molecule has 1 heteroatoms. The van der Waals surface area contributed by atoms with Gasteiger partial charge in [-0.2, -0.15) is 0 Å². The van der Waals surface area contributed by atoms with Crippen molar-refractivity contribution in [1.29, 1.82) is 0 Å². The van der Waals surface area contributed by atoms with Crippen LogP contribution in [0.5, 0.6) is 0 Å². The standard InChI is InChI=1S/C18H27N/c1-5-8-10-15-17(19-4)18(6-2,7-3)16-13-11-9-12-14-16/h9,11-14,17,19H,6-7,10,15H2,1-4H3. The van der Waals surface area contributed by atoms with E-state index in [0.29, 0.717) is 6.04 Å². The second-order valence-electron chi connectivity index (χ2n) is 5.04. The Labute approximate surface area is 118 Å². The molecule has 0 aromatic heterocycles. The summed E-state index contributed by atoms with van der Waals surface area (Å²) < 4.78 is 0. The van der Waals surface area contributed by atoms with Gasteiger partial charge in [0, 0.05) is 17.9 Å². The Morgan fingerprint density at radius 1 is 1.16 bits per heavy atom. The number of hydrogen-bond donors (Lipinski definition) is 1. The normalized spacial score (nSPS) is 12.6. The first-order valence-corrected chi connectivity index (χ1v) is 7.37. The molecule has 1 rings (SSSR count). The maximum absolute atomic E-state index is 3.53. The Balaban J connectivity index is 3.04. The summed E-state index contributed by atoms with van der Waals surface area (Å²) in [6.45, 7) is 6.51. The van der Waals surface area contributed by atoms with Crippen LogP contribution in [0.2, 0.25) is 0 Å². The van der Waals surface area contributed by atoms with Crippen LogP contribution in [0.25, 0.3) is 0 Å². The summed E-state index contributed by atoms with van der Waals surface area (Å²) in [5.41, 5.74) is 1.66. The topological polar surface area (TPSA) is 12.0 Å². The van der Waals surface area contributed by atoms with Crippen molar-refractivity contribution < 1.29 is 0 Å². The molecule has 0 fully saturated rings. The monoisotopic (exact) mass is 257 g/mol. The summed E-state index contributed by atoms with van der Waals surface area (Å²) in [6, 6.07) is 11.4. The lowest BCUT2D eigenvalue weighted by atomic mass is 9.69. The lowest BCUT2D eigenvalue weighted by molar-refractivity contribution is 0.271. The third-order valence-corrected chi connectivity index (χ3v) is 4.36. The van der Waals surface area contributed by atoms with Gasteiger partial charge in [-0.25, -0.2) is 0 Å². The molecule has 104 valence electrons. The van der Waals surface area contributed by atoms with Crippen LogP contribution >= 0.6 is 0 Å². The van der Waals surface area contributed by atoms with Crippen molar-refractivity contribution in [3.63, 3.8) is 0 Å². The van der Waals surface area contributed by atoms with E-state index in [1.165, 1.54) is 5.56 Å². The molecule has 0 amide bonds. The van der Waals surface area contributed by atoms with Crippen LogP contribution in [0.3, 0.4) is 0 Å². The SMILES string of the molecule is CC#CCCC(NC)C(CC)(CC)c1ccccc1. The number of nitrogens with one attached hydrogen (secondary N) is 1. The Hall–Kier alpha value is -1.26. The van der Waals surface area contributed by atoms with Gasteiger partial charge in [0.2, 0.25) is 0 Å². The van der Waals surface area contributed by atoms with Gasteiger partial charge in [0.15, 0.2) is 0 Å². The average molecular weight is 257 g/mol.